The fourth-order valence-corrected chi connectivity index (χ4v) is 2.43. The molecule has 0 atom stereocenters. The molecule has 0 bridgehead atoms. The van der Waals surface area contributed by atoms with E-state index in [-0.39, 0.29) is 30.0 Å². The van der Waals surface area contributed by atoms with Crippen molar-refractivity contribution in [3.05, 3.63) is 64.8 Å². The van der Waals surface area contributed by atoms with Gasteiger partial charge in [-0.25, -0.2) is 4.39 Å². The molecule has 0 aliphatic rings. The fourth-order valence-electron chi connectivity index (χ4n) is 2.31. The number of hydrogen-bond acceptors (Lipinski definition) is 5. The third-order valence-corrected chi connectivity index (χ3v) is 3.90. The van der Waals surface area contributed by atoms with Gasteiger partial charge >= 0.3 is 0 Å². The second kappa shape index (κ2) is 7.96. The SMILES string of the molecule is NC(=O)c1cc(NC(=O)CCc2nc(-c3ccc(Cl)cc3)no2)ccc1F. The molecule has 0 saturated heterocycles. The summed E-state index contributed by atoms with van der Waals surface area (Å²) in [6.45, 7) is 0. The predicted molar refractivity (Wildman–Crippen MR) is 96.6 cm³/mol. The van der Waals surface area contributed by atoms with E-state index in [4.69, 9.17) is 21.9 Å². The van der Waals surface area contributed by atoms with Crippen LogP contribution in [0.15, 0.2) is 47.0 Å². The number of primary amides is 1. The van der Waals surface area contributed by atoms with Crippen molar-refractivity contribution in [1.29, 1.82) is 0 Å². The highest BCUT2D eigenvalue weighted by Gasteiger charge is 2.13. The second-order valence-electron chi connectivity index (χ2n) is 5.63. The van der Waals surface area contributed by atoms with E-state index in [9.17, 15) is 14.0 Å². The highest BCUT2D eigenvalue weighted by molar-refractivity contribution is 6.30. The van der Waals surface area contributed by atoms with Crippen molar-refractivity contribution in [2.24, 2.45) is 5.73 Å². The van der Waals surface area contributed by atoms with Crippen molar-refractivity contribution in [3.63, 3.8) is 0 Å². The zero-order valence-corrected chi connectivity index (χ0v) is 14.7. The molecular weight excluding hydrogens is 375 g/mol. The largest absolute Gasteiger partial charge is 0.366 e. The maximum atomic E-state index is 13.4. The van der Waals surface area contributed by atoms with E-state index in [1.807, 2.05) is 0 Å². The summed E-state index contributed by atoms with van der Waals surface area (Å²) in [7, 11) is 0. The van der Waals surface area contributed by atoms with Gasteiger partial charge in [0.05, 0.1) is 5.56 Å². The van der Waals surface area contributed by atoms with Gasteiger partial charge in [0.1, 0.15) is 5.82 Å². The Morgan fingerprint density at radius 3 is 2.63 bits per heavy atom. The van der Waals surface area contributed by atoms with E-state index in [2.05, 4.69) is 15.5 Å². The van der Waals surface area contributed by atoms with Gasteiger partial charge in [-0.15, -0.1) is 0 Å². The van der Waals surface area contributed by atoms with Crippen molar-refractivity contribution < 1.29 is 18.5 Å². The van der Waals surface area contributed by atoms with Gasteiger partial charge in [0.25, 0.3) is 5.91 Å². The molecule has 0 saturated carbocycles. The number of nitrogens with one attached hydrogen (secondary N) is 1. The van der Waals surface area contributed by atoms with Crippen LogP contribution in [-0.4, -0.2) is 22.0 Å². The summed E-state index contributed by atoms with van der Waals surface area (Å²) >= 11 is 5.84. The number of hydrogen-bond donors (Lipinski definition) is 2. The van der Waals surface area contributed by atoms with Gasteiger partial charge in [-0.3, -0.25) is 9.59 Å². The highest BCUT2D eigenvalue weighted by atomic mass is 35.5. The summed E-state index contributed by atoms with van der Waals surface area (Å²) in [5, 5.41) is 7.02. The van der Waals surface area contributed by atoms with Crippen LogP contribution in [0.2, 0.25) is 5.02 Å². The normalized spacial score (nSPS) is 10.6. The minimum atomic E-state index is -0.913. The quantitative estimate of drug-likeness (QED) is 0.673. The number of nitrogens with two attached hydrogens (primary N) is 1. The Labute approximate surface area is 158 Å². The first-order chi connectivity index (χ1) is 12.9. The topological polar surface area (TPSA) is 111 Å². The molecule has 2 aromatic carbocycles. The summed E-state index contributed by atoms with van der Waals surface area (Å²) in [4.78, 5) is 27.4. The zero-order valence-electron chi connectivity index (χ0n) is 13.9. The number of rotatable bonds is 6. The van der Waals surface area contributed by atoms with Crippen LogP contribution in [0.5, 0.6) is 0 Å². The molecule has 9 heteroatoms. The van der Waals surface area contributed by atoms with E-state index >= 15 is 0 Å². The second-order valence-corrected chi connectivity index (χ2v) is 6.06. The number of halogens is 2. The third kappa shape index (κ3) is 4.68. The van der Waals surface area contributed by atoms with Gasteiger partial charge in [0.15, 0.2) is 0 Å². The van der Waals surface area contributed by atoms with E-state index < -0.39 is 11.7 Å². The van der Waals surface area contributed by atoms with E-state index in [1.54, 1.807) is 24.3 Å². The highest BCUT2D eigenvalue weighted by Crippen LogP contribution is 2.19. The molecule has 3 rings (SSSR count). The summed E-state index contributed by atoms with van der Waals surface area (Å²) in [5.41, 5.74) is 5.79. The van der Waals surface area contributed by atoms with Crippen LogP contribution < -0.4 is 11.1 Å². The number of anilines is 1. The Hall–Kier alpha value is -3.26. The molecule has 138 valence electrons. The van der Waals surface area contributed by atoms with Crippen LogP contribution in [0.4, 0.5) is 10.1 Å². The molecule has 2 amide bonds. The summed E-state index contributed by atoms with van der Waals surface area (Å²) in [5.74, 6) is -1.33. The van der Waals surface area contributed by atoms with Gasteiger partial charge in [0.2, 0.25) is 17.6 Å². The molecule has 0 fully saturated rings. The predicted octanol–water partition coefficient (Wildman–Crippen LogP) is 3.20. The number of carbonyl (C=O) groups excluding carboxylic acids is 2. The first-order valence-corrected chi connectivity index (χ1v) is 8.28. The van der Waals surface area contributed by atoms with Gasteiger partial charge in [0, 0.05) is 29.1 Å². The monoisotopic (exact) mass is 388 g/mol. The lowest BCUT2D eigenvalue weighted by Crippen LogP contribution is -2.16. The Morgan fingerprint density at radius 2 is 1.93 bits per heavy atom. The Balaban J connectivity index is 1.59. The van der Waals surface area contributed by atoms with E-state index in [0.29, 0.717) is 16.7 Å². The number of carbonyl (C=O) groups is 2. The van der Waals surface area contributed by atoms with E-state index in [1.165, 1.54) is 12.1 Å². The smallest absolute Gasteiger partial charge is 0.251 e. The van der Waals surface area contributed by atoms with Crippen molar-refractivity contribution >= 4 is 29.1 Å². The molecule has 3 N–H and O–H groups in total. The zero-order chi connectivity index (χ0) is 19.4. The molecule has 0 unspecified atom stereocenters. The lowest BCUT2D eigenvalue weighted by atomic mass is 10.1. The van der Waals surface area contributed by atoms with Crippen molar-refractivity contribution in [2.45, 2.75) is 12.8 Å². The molecule has 1 heterocycles. The minimum Gasteiger partial charge on any atom is -0.366 e. The van der Waals surface area contributed by atoms with Crippen LogP contribution in [0.1, 0.15) is 22.7 Å². The van der Waals surface area contributed by atoms with Crippen LogP contribution in [0, 0.1) is 5.82 Å². The molecule has 0 aliphatic carbocycles. The fraction of sp³-hybridized carbons (Fsp3) is 0.111. The molecular formula is C18H14ClFN4O3. The first-order valence-electron chi connectivity index (χ1n) is 7.90. The van der Waals surface area contributed by atoms with Gasteiger partial charge in [-0.05, 0) is 42.5 Å². The van der Waals surface area contributed by atoms with Crippen LogP contribution in [0.25, 0.3) is 11.4 Å². The average Bonchev–Trinajstić information content (AvgIpc) is 3.11. The van der Waals surface area contributed by atoms with Crippen molar-refractivity contribution in [1.82, 2.24) is 10.1 Å². The number of aromatic nitrogens is 2. The lowest BCUT2D eigenvalue weighted by molar-refractivity contribution is -0.116. The van der Waals surface area contributed by atoms with Crippen LogP contribution >= 0.6 is 11.6 Å². The average molecular weight is 389 g/mol. The van der Waals surface area contributed by atoms with Crippen molar-refractivity contribution in [2.75, 3.05) is 5.32 Å². The lowest BCUT2D eigenvalue weighted by Gasteiger charge is -2.06. The van der Waals surface area contributed by atoms with Crippen LogP contribution in [-0.2, 0) is 11.2 Å². The number of nitrogens with zero attached hydrogens (tertiary/aromatic N) is 2. The van der Waals surface area contributed by atoms with Crippen molar-refractivity contribution in [3.8, 4) is 11.4 Å². The number of aryl methyl sites for hydroxylation is 1. The first kappa shape index (κ1) is 18.5. The molecule has 3 aromatic rings. The van der Waals surface area contributed by atoms with Gasteiger partial charge < -0.3 is 15.6 Å². The Kier molecular flexibility index (Phi) is 5.46. The molecule has 7 nitrogen and oxygen atoms in total. The third-order valence-electron chi connectivity index (χ3n) is 3.65. The molecule has 0 spiro atoms. The standard InChI is InChI=1S/C18H14ClFN4O3/c19-11-3-1-10(2-4-11)18-23-16(27-24-18)8-7-15(25)22-12-5-6-14(20)13(9-12)17(21)26/h1-6,9H,7-8H2,(H2,21,26)(H,22,25). The van der Waals surface area contributed by atoms with Crippen LogP contribution in [0.3, 0.4) is 0 Å². The Bertz CT molecular complexity index is 989. The maximum absolute atomic E-state index is 13.4. The summed E-state index contributed by atoms with van der Waals surface area (Å²) in [6.07, 6.45) is 0.280. The summed E-state index contributed by atoms with van der Waals surface area (Å²) in [6, 6.07) is 10.5. The van der Waals surface area contributed by atoms with Gasteiger partial charge in [-0.1, -0.05) is 16.8 Å². The maximum Gasteiger partial charge on any atom is 0.251 e. The molecule has 0 aliphatic heterocycles. The minimum absolute atomic E-state index is 0.0610. The molecule has 27 heavy (non-hydrogen) atoms. The Morgan fingerprint density at radius 1 is 1.19 bits per heavy atom. The summed E-state index contributed by atoms with van der Waals surface area (Å²) < 4.78 is 18.6. The molecule has 0 radical (unpaired) electrons. The number of amides is 2. The number of benzene rings is 2. The van der Waals surface area contributed by atoms with Gasteiger partial charge in [-0.2, -0.15) is 4.98 Å². The van der Waals surface area contributed by atoms with E-state index in [0.717, 1.165) is 11.6 Å². The molecule has 1 aromatic heterocycles.